The highest BCUT2D eigenvalue weighted by atomic mass is 35.5. The monoisotopic (exact) mass is 284 g/mol. The predicted molar refractivity (Wildman–Crippen MR) is 69.4 cm³/mol. The first-order valence-electron chi connectivity index (χ1n) is 6.51. The summed E-state index contributed by atoms with van der Waals surface area (Å²) in [6.07, 6.45) is 1.78. The number of rotatable bonds is 3. The van der Waals surface area contributed by atoms with Crippen molar-refractivity contribution >= 4 is 12.4 Å². The Balaban J connectivity index is 0.00000162. The Bertz CT molecular complexity index is 256. The Labute approximate surface area is 113 Å². The molecule has 18 heavy (non-hydrogen) atoms. The molecular formula is C12H23ClF2N2O. The van der Waals surface area contributed by atoms with Crippen molar-refractivity contribution in [3.63, 3.8) is 0 Å². The number of alkyl halides is 2. The van der Waals surface area contributed by atoms with Crippen LogP contribution in [0.25, 0.3) is 0 Å². The van der Waals surface area contributed by atoms with Gasteiger partial charge in [-0.25, -0.2) is 8.78 Å². The average Bonchev–Trinajstić information content (AvgIpc) is 2.28. The van der Waals surface area contributed by atoms with E-state index >= 15 is 0 Å². The second-order valence-corrected chi connectivity index (χ2v) is 5.31. The zero-order valence-electron chi connectivity index (χ0n) is 10.6. The maximum atomic E-state index is 13.3. The summed E-state index contributed by atoms with van der Waals surface area (Å²) >= 11 is 0. The fourth-order valence-electron chi connectivity index (χ4n) is 2.89. The van der Waals surface area contributed by atoms with Gasteiger partial charge in [-0.05, 0) is 18.8 Å². The molecule has 2 unspecified atom stereocenters. The SMILES string of the molecule is Cl.NCC1CN(CC2CCCC(F)(F)C2)CCO1. The van der Waals surface area contributed by atoms with Crippen LogP contribution in [-0.2, 0) is 4.74 Å². The molecule has 0 aromatic rings. The molecule has 0 spiro atoms. The van der Waals surface area contributed by atoms with E-state index < -0.39 is 5.92 Å². The first-order chi connectivity index (χ1) is 8.09. The molecule has 0 aromatic carbocycles. The molecule has 1 heterocycles. The molecule has 2 fully saturated rings. The molecule has 2 atom stereocenters. The minimum atomic E-state index is -2.44. The zero-order chi connectivity index (χ0) is 12.3. The molecule has 1 aliphatic heterocycles. The standard InChI is InChI=1S/C12H22F2N2O.ClH/c13-12(14)3-1-2-10(6-12)8-16-4-5-17-11(7-15)9-16;/h10-11H,1-9,15H2;1H. The summed E-state index contributed by atoms with van der Waals surface area (Å²) in [7, 11) is 0. The molecule has 108 valence electrons. The normalized spacial score (nSPS) is 32.8. The summed E-state index contributed by atoms with van der Waals surface area (Å²) in [6, 6.07) is 0. The predicted octanol–water partition coefficient (Wildman–Crippen LogP) is 1.89. The van der Waals surface area contributed by atoms with Crippen LogP contribution in [0.5, 0.6) is 0 Å². The molecule has 1 saturated heterocycles. The largest absolute Gasteiger partial charge is 0.374 e. The van der Waals surface area contributed by atoms with Crippen LogP contribution in [0.4, 0.5) is 8.78 Å². The second-order valence-electron chi connectivity index (χ2n) is 5.31. The molecule has 2 rings (SSSR count). The Morgan fingerprint density at radius 2 is 2.17 bits per heavy atom. The van der Waals surface area contributed by atoms with Crippen LogP contribution in [0.15, 0.2) is 0 Å². The number of ether oxygens (including phenoxy) is 1. The van der Waals surface area contributed by atoms with E-state index in [1.165, 1.54) is 0 Å². The average molecular weight is 285 g/mol. The van der Waals surface area contributed by atoms with Crippen molar-refractivity contribution in [2.75, 3.05) is 32.8 Å². The van der Waals surface area contributed by atoms with Gasteiger partial charge in [-0.2, -0.15) is 0 Å². The van der Waals surface area contributed by atoms with Crippen molar-refractivity contribution in [1.82, 2.24) is 4.90 Å². The fourth-order valence-corrected chi connectivity index (χ4v) is 2.89. The molecule has 1 aliphatic carbocycles. The van der Waals surface area contributed by atoms with Gasteiger partial charge in [0.15, 0.2) is 0 Å². The van der Waals surface area contributed by atoms with Crippen LogP contribution in [-0.4, -0.2) is 49.7 Å². The zero-order valence-corrected chi connectivity index (χ0v) is 11.4. The topological polar surface area (TPSA) is 38.5 Å². The number of morpholine rings is 1. The van der Waals surface area contributed by atoms with E-state index in [1.807, 2.05) is 0 Å². The van der Waals surface area contributed by atoms with Crippen molar-refractivity contribution < 1.29 is 13.5 Å². The van der Waals surface area contributed by atoms with Gasteiger partial charge in [-0.3, -0.25) is 4.90 Å². The second kappa shape index (κ2) is 6.98. The first kappa shape index (κ1) is 16.1. The van der Waals surface area contributed by atoms with E-state index in [0.29, 0.717) is 19.6 Å². The Kier molecular flexibility index (Phi) is 6.24. The quantitative estimate of drug-likeness (QED) is 0.860. The number of hydrogen-bond donors (Lipinski definition) is 1. The third-order valence-electron chi connectivity index (χ3n) is 3.74. The molecule has 2 aliphatic rings. The summed E-state index contributed by atoms with van der Waals surface area (Å²) < 4.78 is 32.0. The van der Waals surface area contributed by atoms with Crippen molar-refractivity contribution in [2.45, 2.75) is 37.7 Å². The Hall–Kier alpha value is 0.0300. The van der Waals surface area contributed by atoms with Gasteiger partial charge in [-0.15, -0.1) is 12.4 Å². The maximum Gasteiger partial charge on any atom is 0.248 e. The van der Waals surface area contributed by atoms with Gasteiger partial charge in [0.05, 0.1) is 12.7 Å². The number of nitrogens with zero attached hydrogens (tertiary/aromatic N) is 1. The fraction of sp³-hybridized carbons (Fsp3) is 1.00. The van der Waals surface area contributed by atoms with Crippen molar-refractivity contribution in [3.8, 4) is 0 Å². The number of nitrogens with two attached hydrogens (primary N) is 1. The van der Waals surface area contributed by atoms with E-state index in [-0.39, 0.29) is 37.3 Å². The van der Waals surface area contributed by atoms with E-state index in [2.05, 4.69) is 4.90 Å². The third-order valence-corrected chi connectivity index (χ3v) is 3.74. The third kappa shape index (κ3) is 4.61. The van der Waals surface area contributed by atoms with Crippen molar-refractivity contribution in [2.24, 2.45) is 11.7 Å². The molecular weight excluding hydrogens is 262 g/mol. The van der Waals surface area contributed by atoms with Gasteiger partial charge in [0.1, 0.15) is 0 Å². The smallest absolute Gasteiger partial charge is 0.248 e. The van der Waals surface area contributed by atoms with E-state index in [9.17, 15) is 8.78 Å². The number of hydrogen-bond acceptors (Lipinski definition) is 3. The van der Waals surface area contributed by atoms with Gasteiger partial charge in [0.25, 0.3) is 0 Å². The highest BCUT2D eigenvalue weighted by Crippen LogP contribution is 2.37. The first-order valence-corrected chi connectivity index (χ1v) is 6.51. The summed E-state index contributed by atoms with van der Waals surface area (Å²) in [4.78, 5) is 2.23. The van der Waals surface area contributed by atoms with Crippen LogP contribution in [0.2, 0.25) is 0 Å². The van der Waals surface area contributed by atoms with E-state index in [4.69, 9.17) is 10.5 Å². The molecule has 0 radical (unpaired) electrons. The highest BCUT2D eigenvalue weighted by molar-refractivity contribution is 5.85. The van der Waals surface area contributed by atoms with E-state index in [1.54, 1.807) is 0 Å². The van der Waals surface area contributed by atoms with Gasteiger partial charge < -0.3 is 10.5 Å². The van der Waals surface area contributed by atoms with Gasteiger partial charge >= 0.3 is 0 Å². The lowest BCUT2D eigenvalue weighted by atomic mass is 9.86. The lowest BCUT2D eigenvalue weighted by Gasteiger charge is -2.37. The van der Waals surface area contributed by atoms with Crippen LogP contribution in [0.3, 0.4) is 0 Å². The lowest BCUT2D eigenvalue weighted by Crippen LogP contribution is -2.47. The van der Waals surface area contributed by atoms with Crippen LogP contribution >= 0.6 is 12.4 Å². The Morgan fingerprint density at radius 3 is 2.83 bits per heavy atom. The molecule has 0 bridgehead atoms. The molecule has 3 nitrogen and oxygen atoms in total. The summed E-state index contributed by atoms with van der Waals surface area (Å²) in [5.74, 6) is -2.31. The molecule has 0 amide bonds. The van der Waals surface area contributed by atoms with Crippen LogP contribution < -0.4 is 5.73 Å². The van der Waals surface area contributed by atoms with E-state index in [0.717, 1.165) is 26.1 Å². The summed E-state index contributed by atoms with van der Waals surface area (Å²) in [5, 5.41) is 0. The molecule has 6 heteroatoms. The molecule has 1 saturated carbocycles. The van der Waals surface area contributed by atoms with Crippen molar-refractivity contribution in [3.05, 3.63) is 0 Å². The van der Waals surface area contributed by atoms with Crippen molar-refractivity contribution in [1.29, 1.82) is 0 Å². The van der Waals surface area contributed by atoms with Gasteiger partial charge in [0.2, 0.25) is 5.92 Å². The highest BCUT2D eigenvalue weighted by Gasteiger charge is 2.37. The van der Waals surface area contributed by atoms with Crippen LogP contribution in [0, 0.1) is 5.92 Å². The van der Waals surface area contributed by atoms with Gasteiger partial charge in [-0.1, -0.05) is 0 Å². The minimum absolute atomic E-state index is 0. The molecule has 2 N–H and O–H groups in total. The summed E-state index contributed by atoms with van der Waals surface area (Å²) in [6.45, 7) is 3.59. The molecule has 0 aromatic heterocycles. The summed E-state index contributed by atoms with van der Waals surface area (Å²) in [5.41, 5.74) is 5.57. The lowest BCUT2D eigenvalue weighted by molar-refractivity contribution is -0.0686. The Morgan fingerprint density at radius 1 is 1.39 bits per heavy atom. The maximum absolute atomic E-state index is 13.3. The number of halogens is 3. The van der Waals surface area contributed by atoms with Crippen LogP contribution in [0.1, 0.15) is 25.7 Å². The van der Waals surface area contributed by atoms with Gasteiger partial charge in [0, 0.05) is 39.0 Å². The minimum Gasteiger partial charge on any atom is -0.374 e.